The van der Waals surface area contributed by atoms with Crippen LogP contribution in [0.5, 0.6) is 11.5 Å². The summed E-state index contributed by atoms with van der Waals surface area (Å²) in [6.07, 6.45) is 0. The van der Waals surface area contributed by atoms with Crippen molar-refractivity contribution in [2.75, 3.05) is 9.80 Å². The highest BCUT2D eigenvalue weighted by atomic mass is 16.5. The van der Waals surface area contributed by atoms with Crippen LogP contribution in [0.2, 0.25) is 0 Å². The number of anilines is 6. The molecule has 0 spiro atoms. The minimum absolute atomic E-state index is 0.580. The summed E-state index contributed by atoms with van der Waals surface area (Å²) in [5.74, 6) is 1.29. The molecule has 0 radical (unpaired) electrons. The number of ether oxygens (including phenoxy) is 1. The molecule has 0 saturated heterocycles. The summed E-state index contributed by atoms with van der Waals surface area (Å²) in [6, 6.07) is 91.7. The summed E-state index contributed by atoms with van der Waals surface area (Å²) in [4.78, 5) is 4.46. The van der Waals surface area contributed by atoms with Gasteiger partial charge in [0.2, 0.25) is 0 Å². The monoisotopic (exact) mass is 832 g/mol. The van der Waals surface area contributed by atoms with Crippen LogP contribution in [0.3, 0.4) is 0 Å². The van der Waals surface area contributed by atoms with Gasteiger partial charge in [-0.2, -0.15) is 0 Å². The summed E-state index contributed by atoms with van der Waals surface area (Å²) in [5, 5.41) is 4.99. The predicted octanol–water partition coefficient (Wildman–Crippen LogP) is 16.2. The maximum atomic E-state index is 6.40. The molecule has 0 atom stereocenters. The zero-order chi connectivity index (χ0) is 43.1. The first kappa shape index (κ1) is 37.8. The smallest absolute Gasteiger partial charge is 0.177 e. The molecule has 0 N–H and O–H groups in total. The van der Waals surface area contributed by atoms with Gasteiger partial charge in [-0.05, 0) is 146 Å². The van der Waals surface area contributed by atoms with Gasteiger partial charge in [0.1, 0.15) is 5.75 Å². The fourth-order valence-electron chi connectivity index (χ4n) is 9.28. The first-order valence-electron chi connectivity index (χ1n) is 21.8. The van der Waals surface area contributed by atoms with Crippen LogP contribution < -0.4 is 14.5 Å². The van der Waals surface area contributed by atoms with Crippen molar-refractivity contribution >= 4 is 77.7 Å². The third-order valence-corrected chi connectivity index (χ3v) is 12.2. The van der Waals surface area contributed by atoms with Crippen LogP contribution >= 0.6 is 0 Å². The summed E-state index contributed by atoms with van der Waals surface area (Å²) >= 11 is 0. The van der Waals surface area contributed by atoms with Crippen molar-refractivity contribution < 1.29 is 4.74 Å². The molecule has 0 aliphatic rings. The van der Waals surface area contributed by atoms with Crippen molar-refractivity contribution in [1.29, 1.82) is 0 Å². The fraction of sp³-hybridized carbons (Fsp3) is 0. The SMILES string of the molecule is c1c(Oc2ccc(N(c3ccccc3)c3ccc(-n4c5ccccc5c5ccccc54)cc3)cc2)ccc(N(c2ccccc2)c2ccc(-n3c4ccccc4c4ccccc43)cc2)c#1. The number of benzene rings is 9. The van der Waals surface area contributed by atoms with Crippen LogP contribution in [0.25, 0.3) is 55.0 Å². The van der Waals surface area contributed by atoms with E-state index in [0.29, 0.717) is 11.5 Å². The average Bonchev–Trinajstić information content (AvgIpc) is 3.90. The first-order chi connectivity index (χ1) is 32.2. The second-order valence-corrected chi connectivity index (χ2v) is 16.0. The lowest BCUT2D eigenvalue weighted by Gasteiger charge is -2.26. The van der Waals surface area contributed by atoms with E-state index in [2.05, 4.69) is 237 Å². The van der Waals surface area contributed by atoms with Crippen molar-refractivity contribution in [3.63, 3.8) is 0 Å². The van der Waals surface area contributed by atoms with Crippen LogP contribution in [-0.4, -0.2) is 9.13 Å². The van der Waals surface area contributed by atoms with Crippen molar-refractivity contribution in [3.05, 3.63) is 255 Å². The molecule has 0 amide bonds. The van der Waals surface area contributed by atoms with E-state index in [1.54, 1.807) is 0 Å². The molecule has 306 valence electrons. The van der Waals surface area contributed by atoms with Gasteiger partial charge in [-0.15, -0.1) is 0 Å². The summed E-state index contributed by atoms with van der Waals surface area (Å²) in [5.41, 5.74) is 13.0. The van der Waals surface area contributed by atoms with Crippen LogP contribution in [0, 0.1) is 12.1 Å². The van der Waals surface area contributed by atoms with Gasteiger partial charge >= 0.3 is 0 Å². The summed E-state index contributed by atoms with van der Waals surface area (Å²) in [7, 11) is 0. The minimum Gasteiger partial charge on any atom is -0.448 e. The zero-order valence-corrected chi connectivity index (χ0v) is 35.3. The summed E-state index contributed by atoms with van der Waals surface area (Å²) in [6.45, 7) is 0. The van der Waals surface area contributed by atoms with Gasteiger partial charge in [-0.1, -0.05) is 109 Å². The Morgan fingerprint density at radius 1 is 0.292 bits per heavy atom. The van der Waals surface area contributed by atoms with Crippen molar-refractivity contribution in [2.45, 2.75) is 0 Å². The second kappa shape index (κ2) is 16.0. The number of hydrogen-bond donors (Lipinski definition) is 0. The van der Waals surface area contributed by atoms with E-state index < -0.39 is 0 Å². The number of rotatable bonds is 10. The number of nitrogens with zero attached hydrogens (tertiary/aromatic N) is 4. The molecule has 2 aromatic heterocycles. The summed E-state index contributed by atoms with van der Waals surface area (Å²) < 4.78 is 11.1. The van der Waals surface area contributed by atoms with E-state index in [-0.39, 0.29) is 0 Å². The molecule has 65 heavy (non-hydrogen) atoms. The van der Waals surface area contributed by atoms with Gasteiger partial charge in [0.15, 0.2) is 5.75 Å². The van der Waals surface area contributed by atoms with E-state index in [4.69, 9.17) is 4.74 Å². The second-order valence-electron chi connectivity index (χ2n) is 16.0. The molecule has 12 aromatic rings. The molecule has 0 bridgehead atoms. The third-order valence-electron chi connectivity index (χ3n) is 12.2. The minimum atomic E-state index is 0.580. The van der Waals surface area contributed by atoms with Gasteiger partial charge in [0.25, 0.3) is 0 Å². The Morgan fingerprint density at radius 3 is 1.06 bits per heavy atom. The highest BCUT2D eigenvalue weighted by Crippen LogP contribution is 2.40. The van der Waals surface area contributed by atoms with Gasteiger partial charge in [-0.3, -0.25) is 0 Å². The highest BCUT2D eigenvalue weighted by Gasteiger charge is 2.18. The molecule has 0 aliphatic carbocycles. The lowest BCUT2D eigenvalue weighted by atomic mass is 10.1. The number of para-hydroxylation sites is 6. The number of hydrogen-bond acceptors (Lipinski definition) is 3. The van der Waals surface area contributed by atoms with E-state index >= 15 is 0 Å². The lowest BCUT2D eigenvalue weighted by Crippen LogP contribution is -2.10. The molecule has 0 aliphatic heterocycles. The highest BCUT2D eigenvalue weighted by molar-refractivity contribution is 6.10. The van der Waals surface area contributed by atoms with Crippen LogP contribution in [0.4, 0.5) is 34.1 Å². The fourth-order valence-corrected chi connectivity index (χ4v) is 9.28. The molecule has 2 heterocycles. The van der Waals surface area contributed by atoms with E-state index in [9.17, 15) is 0 Å². The van der Waals surface area contributed by atoms with E-state index in [1.165, 1.54) is 43.6 Å². The maximum Gasteiger partial charge on any atom is 0.177 e. The molecule has 10 aromatic carbocycles. The van der Waals surface area contributed by atoms with Gasteiger partial charge in [0.05, 0.1) is 27.8 Å². The predicted molar refractivity (Wildman–Crippen MR) is 269 cm³/mol. The quantitative estimate of drug-likeness (QED) is 0.137. The van der Waals surface area contributed by atoms with E-state index in [1.807, 2.05) is 36.4 Å². The normalized spacial score (nSPS) is 11.3. The molecular formula is C60H40N4O. The zero-order valence-electron chi connectivity index (χ0n) is 35.3. The Bertz CT molecular complexity index is 3250. The van der Waals surface area contributed by atoms with Crippen LogP contribution in [-0.2, 0) is 0 Å². The topological polar surface area (TPSA) is 25.6 Å². The standard InChI is InChI=1S/C60H40N4O/c1-3-15-43(16-4-1)61(45-27-31-49(32-28-45)63-57-23-11-7-19-53(57)54-20-8-12-24-58(54)63)47-35-39-51(40-36-47)65-52-41-37-48(38-42-52)62(44-17-5-2-6-18-44)46-29-33-50(34-30-46)64-59-25-13-9-21-55(59)56-22-10-14-26-60(56)64/h1-37,39-41H. The molecular weight excluding hydrogens is 793 g/mol. The first-order valence-corrected chi connectivity index (χ1v) is 21.8. The number of aromatic nitrogens is 2. The van der Waals surface area contributed by atoms with Crippen molar-refractivity contribution in [1.82, 2.24) is 9.13 Å². The Kier molecular flexibility index (Phi) is 9.32. The third kappa shape index (κ3) is 6.78. The molecule has 5 heteroatoms. The Labute approximate surface area is 377 Å². The van der Waals surface area contributed by atoms with Gasteiger partial charge in [0, 0.05) is 61.4 Å². The molecule has 0 fully saturated rings. The molecule has 0 saturated carbocycles. The largest absolute Gasteiger partial charge is 0.448 e. The molecule has 0 unspecified atom stereocenters. The van der Waals surface area contributed by atoms with E-state index in [0.717, 1.165) is 45.5 Å². The van der Waals surface area contributed by atoms with Crippen LogP contribution in [0.1, 0.15) is 0 Å². The molecule has 12 rings (SSSR count). The lowest BCUT2D eigenvalue weighted by molar-refractivity contribution is 0.483. The number of fused-ring (bicyclic) bond motifs is 6. The van der Waals surface area contributed by atoms with Gasteiger partial charge < -0.3 is 23.7 Å². The molecule has 5 nitrogen and oxygen atoms in total. The van der Waals surface area contributed by atoms with Crippen molar-refractivity contribution in [3.8, 4) is 22.9 Å². The maximum absolute atomic E-state index is 6.40. The Balaban J connectivity index is 0.814. The Morgan fingerprint density at radius 2 is 0.646 bits per heavy atom. The van der Waals surface area contributed by atoms with Crippen molar-refractivity contribution in [2.24, 2.45) is 0 Å². The van der Waals surface area contributed by atoms with Crippen LogP contribution in [0.15, 0.2) is 243 Å². The Hall–Kier alpha value is -8.98. The van der Waals surface area contributed by atoms with Gasteiger partial charge in [-0.25, -0.2) is 0 Å². The average molecular weight is 833 g/mol.